The number of likely N-dealkylation sites (tertiary alicyclic amines) is 1. The van der Waals surface area contributed by atoms with Crippen LogP contribution >= 0.6 is 15.9 Å². The second kappa shape index (κ2) is 9.47. The summed E-state index contributed by atoms with van der Waals surface area (Å²) < 4.78 is 14.6. The van der Waals surface area contributed by atoms with E-state index in [9.17, 15) is 9.18 Å². The van der Waals surface area contributed by atoms with Gasteiger partial charge in [-0.15, -0.1) is 0 Å². The van der Waals surface area contributed by atoms with Crippen molar-refractivity contribution in [1.29, 1.82) is 0 Å². The van der Waals surface area contributed by atoms with Crippen LogP contribution in [0.15, 0.2) is 46.9 Å². The Morgan fingerprint density at radius 2 is 2.00 bits per heavy atom. The van der Waals surface area contributed by atoms with Crippen molar-refractivity contribution >= 4 is 21.8 Å². The highest BCUT2D eigenvalue weighted by atomic mass is 79.9. The maximum Gasteiger partial charge on any atom is 0.220 e. The molecule has 0 aliphatic carbocycles. The summed E-state index contributed by atoms with van der Waals surface area (Å²) >= 11 is 3.25. The molecule has 1 heterocycles. The Morgan fingerprint density at radius 1 is 1.22 bits per heavy atom. The molecule has 0 atom stereocenters. The number of carbonyl (C=O) groups excluding carboxylic acids is 1. The molecule has 1 saturated heterocycles. The van der Waals surface area contributed by atoms with Crippen molar-refractivity contribution in [3.05, 3.63) is 69.4 Å². The van der Waals surface area contributed by atoms with Crippen molar-refractivity contribution in [2.75, 3.05) is 13.1 Å². The summed E-state index contributed by atoms with van der Waals surface area (Å²) in [5, 5.41) is 3.12. The molecule has 2 aromatic carbocycles. The summed E-state index contributed by atoms with van der Waals surface area (Å²) in [4.78, 5) is 14.7. The monoisotopic (exact) mass is 432 g/mol. The normalized spacial score (nSPS) is 15.7. The molecule has 0 bridgehead atoms. The molecule has 1 aliphatic rings. The summed E-state index contributed by atoms with van der Waals surface area (Å²) in [6, 6.07) is 13.8. The quantitative estimate of drug-likeness (QED) is 0.722. The number of benzene rings is 2. The highest BCUT2D eigenvalue weighted by molar-refractivity contribution is 9.10. The summed E-state index contributed by atoms with van der Waals surface area (Å²) in [5.74, 6) is -0.254. The largest absolute Gasteiger partial charge is 0.353 e. The van der Waals surface area contributed by atoms with Gasteiger partial charge in [0.15, 0.2) is 0 Å². The van der Waals surface area contributed by atoms with Crippen LogP contribution in [0.4, 0.5) is 4.39 Å². The van der Waals surface area contributed by atoms with Gasteiger partial charge in [0.05, 0.1) is 0 Å². The molecular formula is C22H26BrFN2O. The van der Waals surface area contributed by atoms with Crippen molar-refractivity contribution in [3.63, 3.8) is 0 Å². The number of halogens is 2. The molecule has 0 aromatic heterocycles. The maximum atomic E-state index is 13.8. The van der Waals surface area contributed by atoms with Gasteiger partial charge in [0.1, 0.15) is 5.82 Å². The molecule has 0 spiro atoms. The number of rotatable bonds is 6. The summed E-state index contributed by atoms with van der Waals surface area (Å²) in [7, 11) is 0. The molecule has 3 nitrogen and oxygen atoms in total. The molecule has 144 valence electrons. The minimum atomic E-state index is -0.262. The molecule has 0 radical (unpaired) electrons. The van der Waals surface area contributed by atoms with E-state index >= 15 is 0 Å². The fraction of sp³-hybridized carbons (Fsp3) is 0.409. The topological polar surface area (TPSA) is 32.3 Å². The van der Waals surface area contributed by atoms with E-state index in [1.54, 1.807) is 12.1 Å². The first-order valence-electron chi connectivity index (χ1n) is 9.51. The Labute approximate surface area is 169 Å². The fourth-order valence-electron chi connectivity index (χ4n) is 3.58. The minimum Gasteiger partial charge on any atom is -0.353 e. The summed E-state index contributed by atoms with van der Waals surface area (Å²) in [6.45, 7) is 5.05. The zero-order chi connectivity index (χ0) is 19.2. The SMILES string of the molecule is Cc1cccc(CN2CCC(NC(=O)CCc3ccc(Br)cc3F)CC2)c1. The minimum absolute atomic E-state index is 0.00875. The lowest BCUT2D eigenvalue weighted by Gasteiger charge is -2.32. The van der Waals surface area contributed by atoms with E-state index in [1.807, 2.05) is 0 Å². The van der Waals surface area contributed by atoms with E-state index < -0.39 is 0 Å². The summed E-state index contributed by atoms with van der Waals surface area (Å²) in [6.07, 6.45) is 2.67. The molecule has 0 unspecified atom stereocenters. The highest BCUT2D eigenvalue weighted by Crippen LogP contribution is 2.17. The number of piperidine rings is 1. The molecule has 1 fully saturated rings. The van der Waals surface area contributed by atoms with Crippen molar-refractivity contribution in [1.82, 2.24) is 10.2 Å². The molecule has 1 N–H and O–H groups in total. The van der Waals surface area contributed by atoms with Gasteiger partial charge in [-0.25, -0.2) is 4.39 Å². The zero-order valence-corrected chi connectivity index (χ0v) is 17.3. The van der Waals surface area contributed by atoms with Crippen LogP contribution in [0.1, 0.15) is 36.0 Å². The van der Waals surface area contributed by atoms with Crippen molar-refractivity contribution < 1.29 is 9.18 Å². The molecule has 1 amide bonds. The molecule has 1 aliphatic heterocycles. The van der Waals surface area contributed by atoms with Gasteiger partial charge in [0.25, 0.3) is 0 Å². The Kier molecular flexibility index (Phi) is 7.02. The van der Waals surface area contributed by atoms with Crippen LogP contribution in [0.2, 0.25) is 0 Å². The Bertz CT molecular complexity index is 788. The van der Waals surface area contributed by atoms with Gasteiger partial charge in [-0.1, -0.05) is 51.8 Å². The Morgan fingerprint density at radius 3 is 2.70 bits per heavy atom. The van der Waals surface area contributed by atoms with Gasteiger partial charge < -0.3 is 5.32 Å². The molecular weight excluding hydrogens is 407 g/mol. The van der Waals surface area contributed by atoms with Gasteiger partial charge >= 0.3 is 0 Å². The third-order valence-corrected chi connectivity index (χ3v) is 5.57. The number of aryl methyl sites for hydroxylation is 2. The van der Waals surface area contributed by atoms with E-state index in [2.05, 4.69) is 57.3 Å². The molecule has 5 heteroatoms. The maximum absolute atomic E-state index is 13.8. The molecule has 0 saturated carbocycles. The van der Waals surface area contributed by atoms with Crippen molar-refractivity contribution in [2.45, 2.75) is 45.2 Å². The number of hydrogen-bond donors (Lipinski definition) is 1. The number of carbonyl (C=O) groups is 1. The van der Waals surface area contributed by atoms with Gasteiger partial charge in [0.2, 0.25) is 5.91 Å². The van der Waals surface area contributed by atoms with Crippen LogP contribution in [0.25, 0.3) is 0 Å². The molecule has 3 rings (SSSR count). The average molecular weight is 433 g/mol. The van der Waals surface area contributed by atoms with Crippen LogP contribution in [0, 0.1) is 12.7 Å². The van der Waals surface area contributed by atoms with Gasteiger partial charge in [-0.05, 0) is 49.4 Å². The van der Waals surface area contributed by atoms with Gasteiger partial charge in [-0.2, -0.15) is 0 Å². The van der Waals surface area contributed by atoms with Gasteiger partial charge in [-0.3, -0.25) is 9.69 Å². The first-order valence-corrected chi connectivity index (χ1v) is 10.3. The van der Waals surface area contributed by atoms with Crippen LogP contribution < -0.4 is 5.32 Å². The van der Waals surface area contributed by atoms with Crippen molar-refractivity contribution in [2.24, 2.45) is 0 Å². The zero-order valence-electron chi connectivity index (χ0n) is 15.7. The number of nitrogens with one attached hydrogen (secondary N) is 1. The molecule has 27 heavy (non-hydrogen) atoms. The first-order chi connectivity index (χ1) is 13.0. The number of hydrogen-bond acceptors (Lipinski definition) is 2. The Balaban J connectivity index is 1.40. The van der Waals surface area contributed by atoms with Crippen molar-refractivity contribution in [3.8, 4) is 0 Å². The van der Waals surface area contributed by atoms with E-state index in [-0.39, 0.29) is 17.8 Å². The standard InChI is InChI=1S/C22H26BrFN2O/c1-16-3-2-4-17(13-16)15-26-11-9-20(10-12-26)25-22(27)8-6-18-5-7-19(23)14-21(18)24/h2-5,7,13-14,20H,6,8-12,15H2,1H3,(H,25,27). The lowest BCUT2D eigenvalue weighted by molar-refractivity contribution is -0.122. The fourth-order valence-corrected chi connectivity index (χ4v) is 3.91. The third kappa shape index (κ3) is 6.15. The lowest BCUT2D eigenvalue weighted by Crippen LogP contribution is -2.44. The Hall–Kier alpha value is -1.72. The van der Waals surface area contributed by atoms with Crippen LogP contribution in [-0.4, -0.2) is 29.9 Å². The smallest absolute Gasteiger partial charge is 0.220 e. The second-order valence-electron chi connectivity index (χ2n) is 7.34. The van der Waals surface area contributed by atoms with E-state index in [0.29, 0.717) is 22.9 Å². The van der Waals surface area contributed by atoms with Crippen LogP contribution in [0.5, 0.6) is 0 Å². The third-order valence-electron chi connectivity index (χ3n) is 5.08. The predicted molar refractivity (Wildman–Crippen MR) is 110 cm³/mol. The van der Waals surface area contributed by atoms with Gasteiger partial charge in [0, 0.05) is 36.6 Å². The lowest BCUT2D eigenvalue weighted by atomic mass is 10.0. The highest BCUT2D eigenvalue weighted by Gasteiger charge is 2.20. The first kappa shape index (κ1) is 20.0. The predicted octanol–water partition coefficient (Wildman–Crippen LogP) is 4.61. The second-order valence-corrected chi connectivity index (χ2v) is 8.26. The summed E-state index contributed by atoms with van der Waals surface area (Å²) in [5.41, 5.74) is 3.21. The molecule has 2 aromatic rings. The van der Waals surface area contributed by atoms with Crippen LogP contribution in [-0.2, 0) is 17.8 Å². The number of nitrogens with zero attached hydrogens (tertiary/aromatic N) is 1. The number of amides is 1. The van der Waals surface area contributed by atoms with E-state index in [0.717, 1.165) is 32.5 Å². The van der Waals surface area contributed by atoms with Crippen LogP contribution in [0.3, 0.4) is 0 Å². The van der Waals surface area contributed by atoms with E-state index in [1.165, 1.54) is 17.2 Å². The average Bonchev–Trinajstić information content (AvgIpc) is 2.63. The van der Waals surface area contributed by atoms with E-state index in [4.69, 9.17) is 0 Å².